The van der Waals surface area contributed by atoms with Crippen LogP contribution < -0.4 is 11.1 Å². The van der Waals surface area contributed by atoms with Gasteiger partial charge in [-0.25, -0.2) is 0 Å². The van der Waals surface area contributed by atoms with Crippen molar-refractivity contribution >= 4 is 5.91 Å². The van der Waals surface area contributed by atoms with Gasteiger partial charge in [-0.1, -0.05) is 0 Å². The van der Waals surface area contributed by atoms with Crippen molar-refractivity contribution in [3.05, 3.63) is 17.5 Å². The summed E-state index contributed by atoms with van der Waals surface area (Å²) in [5.41, 5.74) is 7.46. The molecule has 1 heterocycles. The molecule has 1 aromatic heterocycles. The van der Waals surface area contributed by atoms with Crippen molar-refractivity contribution in [1.82, 2.24) is 15.5 Å². The number of hydrogen-bond acceptors (Lipinski definition) is 3. The Kier molecular flexibility index (Phi) is 4.83. The van der Waals surface area contributed by atoms with Gasteiger partial charge in [0.1, 0.15) is 0 Å². The van der Waals surface area contributed by atoms with Gasteiger partial charge in [0, 0.05) is 18.7 Å². The van der Waals surface area contributed by atoms with Crippen molar-refractivity contribution < 1.29 is 4.79 Å². The molecule has 0 bridgehead atoms. The third-order valence-corrected chi connectivity index (χ3v) is 2.26. The Labute approximate surface area is 89.4 Å². The van der Waals surface area contributed by atoms with Crippen LogP contribution in [0.2, 0.25) is 0 Å². The van der Waals surface area contributed by atoms with E-state index in [0.717, 1.165) is 24.1 Å². The first-order chi connectivity index (χ1) is 7.24. The second-order valence-corrected chi connectivity index (χ2v) is 3.51. The van der Waals surface area contributed by atoms with Crippen LogP contribution in [0.25, 0.3) is 0 Å². The minimum atomic E-state index is 0.0732. The van der Waals surface area contributed by atoms with E-state index in [4.69, 9.17) is 5.73 Å². The van der Waals surface area contributed by atoms with Crippen LogP contribution in [-0.4, -0.2) is 29.2 Å². The van der Waals surface area contributed by atoms with Gasteiger partial charge in [-0.2, -0.15) is 5.10 Å². The van der Waals surface area contributed by atoms with Gasteiger partial charge in [-0.05, 0) is 31.9 Å². The molecule has 0 unspecified atom stereocenters. The summed E-state index contributed by atoms with van der Waals surface area (Å²) >= 11 is 0. The molecule has 5 heteroatoms. The molecule has 1 aromatic rings. The van der Waals surface area contributed by atoms with Crippen LogP contribution in [0.4, 0.5) is 0 Å². The molecule has 0 atom stereocenters. The van der Waals surface area contributed by atoms with Crippen molar-refractivity contribution in [3.8, 4) is 0 Å². The van der Waals surface area contributed by atoms with Gasteiger partial charge in [0.05, 0.1) is 6.20 Å². The van der Waals surface area contributed by atoms with Crippen LogP contribution in [0.1, 0.15) is 24.1 Å². The highest BCUT2D eigenvalue weighted by Crippen LogP contribution is 2.05. The summed E-state index contributed by atoms with van der Waals surface area (Å²) in [6, 6.07) is 0. The summed E-state index contributed by atoms with van der Waals surface area (Å²) in [6.07, 6.45) is 3.83. The Morgan fingerprint density at radius 1 is 1.67 bits per heavy atom. The largest absolute Gasteiger partial charge is 0.356 e. The van der Waals surface area contributed by atoms with E-state index in [2.05, 4.69) is 15.5 Å². The van der Waals surface area contributed by atoms with Crippen LogP contribution in [-0.2, 0) is 11.2 Å². The molecule has 1 amide bonds. The highest BCUT2D eigenvalue weighted by atomic mass is 16.1. The summed E-state index contributed by atoms with van der Waals surface area (Å²) in [5.74, 6) is 0.0732. The number of amides is 1. The maximum absolute atomic E-state index is 11.3. The van der Waals surface area contributed by atoms with E-state index >= 15 is 0 Å². The lowest BCUT2D eigenvalue weighted by Crippen LogP contribution is -2.26. The fourth-order valence-corrected chi connectivity index (χ4v) is 1.29. The molecule has 0 saturated heterocycles. The first-order valence-corrected chi connectivity index (χ1v) is 5.19. The van der Waals surface area contributed by atoms with Crippen LogP contribution in [0.5, 0.6) is 0 Å². The number of H-pyrrole nitrogens is 1. The zero-order chi connectivity index (χ0) is 11.1. The maximum Gasteiger partial charge on any atom is 0.220 e. The molecule has 4 N–H and O–H groups in total. The van der Waals surface area contributed by atoms with Gasteiger partial charge >= 0.3 is 0 Å². The molecule has 0 fully saturated rings. The van der Waals surface area contributed by atoms with Crippen LogP contribution in [0.15, 0.2) is 6.20 Å². The Balaban J connectivity index is 2.20. The number of hydrogen-bond donors (Lipinski definition) is 3. The molecule has 0 aliphatic rings. The van der Waals surface area contributed by atoms with Gasteiger partial charge < -0.3 is 11.1 Å². The topological polar surface area (TPSA) is 83.8 Å². The van der Waals surface area contributed by atoms with E-state index in [-0.39, 0.29) is 5.91 Å². The molecule has 84 valence electrons. The van der Waals surface area contributed by atoms with Crippen molar-refractivity contribution in [1.29, 1.82) is 0 Å². The van der Waals surface area contributed by atoms with Crippen molar-refractivity contribution in [2.24, 2.45) is 5.73 Å². The minimum Gasteiger partial charge on any atom is -0.356 e. The fourth-order valence-electron chi connectivity index (χ4n) is 1.29. The van der Waals surface area contributed by atoms with Gasteiger partial charge in [-0.15, -0.1) is 0 Å². The maximum atomic E-state index is 11.3. The zero-order valence-corrected chi connectivity index (χ0v) is 9.05. The molecular formula is C10H18N4O. The van der Waals surface area contributed by atoms with Crippen LogP contribution in [0.3, 0.4) is 0 Å². The lowest BCUT2D eigenvalue weighted by atomic mass is 10.1. The Morgan fingerprint density at radius 3 is 3.07 bits per heavy atom. The first-order valence-electron chi connectivity index (χ1n) is 5.19. The Bertz CT molecular complexity index is 308. The summed E-state index contributed by atoms with van der Waals surface area (Å²) in [6.45, 7) is 3.23. The van der Waals surface area contributed by atoms with Gasteiger partial charge in [0.2, 0.25) is 5.91 Å². The standard InChI is InChI=1S/C10H18N4O/c1-8-9(7-13-14-8)3-4-10(15)12-6-2-5-11/h7H,2-6,11H2,1H3,(H,12,15)(H,13,14). The second kappa shape index (κ2) is 6.19. The molecular weight excluding hydrogens is 192 g/mol. The summed E-state index contributed by atoms with van der Waals surface area (Å²) in [5, 5.41) is 9.56. The third kappa shape index (κ3) is 4.12. The normalized spacial score (nSPS) is 10.3. The fraction of sp³-hybridized carbons (Fsp3) is 0.600. The number of nitrogens with two attached hydrogens (primary N) is 1. The van der Waals surface area contributed by atoms with Crippen molar-refractivity contribution in [3.63, 3.8) is 0 Å². The van der Waals surface area contributed by atoms with E-state index in [1.165, 1.54) is 0 Å². The average Bonchev–Trinajstić information content (AvgIpc) is 2.61. The van der Waals surface area contributed by atoms with Crippen LogP contribution >= 0.6 is 0 Å². The lowest BCUT2D eigenvalue weighted by molar-refractivity contribution is -0.121. The molecule has 0 radical (unpaired) electrons. The third-order valence-electron chi connectivity index (χ3n) is 2.26. The summed E-state index contributed by atoms with van der Waals surface area (Å²) in [7, 11) is 0. The SMILES string of the molecule is Cc1[nH]ncc1CCC(=O)NCCCN. The first kappa shape index (κ1) is 11.7. The molecule has 5 nitrogen and oxygen atoms in total. The number of aromatic amines is 1. The molecule has 1 rings (SSSR count). The minimum absolute atomic E-state index is 0.0732. The number of aromatic nitrogens is 2. The number of rotatable bonds is 6. The molecule has 0 saturated carbocycles. The second-order valence-electron chi connectivity index (χ2n) is 3.51. The summed E-state index contributed by atoms with van der Waals surface area (Å²) < 4.78 is 0. The van der Waals surface area contributed by atoms with E-state index < -0.39 is 0 Å². The molecule has 0 aliphatic carbocycles. The van der Waals surface area contributed by atoms with E-state index in [1.54, 1.807) is 6.20 Å². The van der Waals surface area contributed by atoms with Gasteiger partial charge in [0.15, 0.2) is 0 Å². The van der Waals surface area contributed by atoms with Gasteiger partial charge in [-0.3, -0.25) is 9.89 Å². The van der Waals surface area contributed by atoms with Gasteiger partial charge in [0.25, 0.3) is 0 Å². The lowest BCUT2D eigenvalue weighted by Gasteiger charge is -2.03. The predicted octanol–water partition coefficient (Wildman–Crippen LogP) is 0.116. The number of carbonyl (C=O) groups is 1. The van der Waals surface area contributed by atoms with E-state index in [9.17, 15) is 4.79 Å². The van der Waals surface area contributed by atoms with E-state index in [1.807, 2.05) is 6.92 Å². The molecule has 15 heavy (non-hydrogen) atoms. The quantitative estimate of drug-likeness (QED) is 0.583. The average molecular weight is 210 g/mol. The molecule has 0 spiro atoms. The number of aryl methyl sites for hydroxylation is 2. The highest BCUT2D eigenvalue weighted by molar-refractivity contribution is 5.76. The molecule has 0 aromatic carbocycles. The molecule has 0 aliphatic heterocycles. The van der Waals surface area contributed by atoms with Crippen molar-refractivity contribution in [2.45, 2.75) is 26.2 Å². The summed E-state index contributed by atoms with van der Waals surface area (Å²) in [4.78, 5) is 11.3. The van der Waals surface area contributed by atoms with Crippen LogP contribution in [0, 0.1) is 6.92 Å². The number of carbonyl (C=O) groups excluding carboxylic acids is 1. The van der Waals surface area contributed by atoms with E-state index in [0.29, 0.717) is 19.5 Å². The number of nitrogens with one attached hydrogen (secondary N) is 2. The monoisotopic (exact) mass is 210 g/mol. The highest BCUT2D eigenvalue weighted by Gasteiger charge is 2.04. The Hall–Kier alpha value is -1.36. The zero-order valence-electron chi connectivity index (χ0n) is 9.05. The predicted molar refractivity (Wildman–Crippen MR) is 58.3 cm³/mol. The van der Waals surface area contributed by atoms with Crippen molar-refractivity contribution in [2.75, 3.05) is 13.1 Å². The number of nitrogens with zero attached hydrogens (tertiary/aromatic N) is 1. The Morgan fingerprint density at radius 2 is 2.47 bits per heavy atom. The smallest absolute Gasteiger partial charge is 0.220 e.